The van der Waals surface area contributed by atoms with E-state index in [1.807, 2.05) is 4.68 Å². The quantitative estimate of drug-likeness (QED) is 0.836. The van der Waals surface area contributed by atoms with Gasteiger partial charge in [0.05, 0.1) is 28.6 Å². The molecule has 0 aromatic carbocycles. The maximum absolute atomic E-state index is 6.38. The monoisotopic (exact) mass is 285 g/mol. The summed E-state index contributed by atoms with van der Waals surface area (Å²) in [5.74, 6) is 0. The molecular weight excluding hydrogens is 262 g/mol. The molecule has 1 aromatic rings. The van der Waals surface area contributed by atoms with E-state index in [1.54, 1.807) is 13.3 Å². The van der Waals surface area contributed by atoms with Crippen molar-refractivity contribution in [3.63, 3.8) is 0 Å². The van der Waals surface area contributed by atoms with Gasteiger partial charge >= 0.3 is 0 Å². The molecule has 4 nitrogen and oxygen atoms in total. The fourth-order valence-electron chi connectivity index (χ4n) is 2.92. The van der Waals surface area contributed by atoms with Crippen molar-refractivity contribution in [2.24, 2.45) is 0 Å². The molecule has 0 amide bonds. The van der Waals surface area contributed by atoms with Crippen LogP contribution in [0.3, 0.4) is 0 Å². The molecule has 5 heteroatoms. The predicted octanol–water partition coefficient (Wildman–Crippen LogP) is 3.17. The first-order valence-electron chi connectivity index (χ1n) is 7.18. The summed E-state index contributed by atoms with van der Waals surface area (Å²) in [6, 6.07) is 0.123. The topological polar surface area (TPSA) is 39.1 Å². The molecule has 1 aromatic heterocycles. The van der Waals surface area contributed by atoms with E-state index >= 15 is 0 Å². The molecule has 108 valence electrons. The number of hydrogen-bond acceptors (Lipinski definition) is 3. The fourth-order valence-corrected chi connectivity index (χ4v) is 3.17. The third-order valence-corrected chi connectivity index (χ3v) is 4.37. The summed E-state index contributed by atoms with van der Waals surface area (Å²) in [5.41, 5.74) is 0.956. The molecule has 1 fully saturated rings. The van der Waals surface area contributed by atoms with E-state index < -0.39 is 0 Å². The van der Waals surface area contributed by atoms with Crippen LogP contribution in [0.5, 0.6) is 0 Å². The summed E-state index contributed by atoms with van der Waals surface area (Å²) in [6.45, 7) is 6.05. The van der Waals surface area contributed by atoms with Gasteiger partial charge < -0.3 is 10.1 Å². The zero-order chi connectivity index (χ0) is 13.9. The fraction of sp³-hybridized carbons (Fsp3) is 0.786. The van der Waals surface area contributed by atoms with Gasteiger partial charge in [-0.2, -0.15) is 5.10 Å². The maximum Gasteiger partial charge on any atom is 0.0888 e. The Morgan fingerprint density at radius 1 is 1.53 bits per heavy atom. The molecule has 19 heavy (non-hydrogen) atoms. The molecule has 1 aliphatic rings. The third-order valence-electron chi connectivity index (χ3n) is 4.08. The third kappa shape index (κ3) is 2.67. The Morgan fingerprint density at radius 3 is 2.74 bits per heavy atom. The lowest BCUT2D eigenvalue weighted by atomic mass is 9.73. The summed E-state index contributed by atoms with van der Waals surface area (Å²) >= 11 is 6.38. The van der Waals surface area contributed by atoms with Crippen LogP contribution in [-0.2, 0) is 11.3 Å². The van der Waals surface area contributed by atoms with Crippen molar-refractivity contribution in [2.75, 3.05) is 13.7 Å². The van der Waals surface area contributed by atoms with Crippen molar-refractivity contribution in [3.8, 4) is 0 Å². The second-order valence-electron chi connectivity index (χ2n) is 5.21. The lowest BCUT2D eigenvalue weighted by Crippen LogP contribution is -2.51. The van der Waals surface area contributed by atoms with Crippen LogP contribution in [0.2, 0.25) is 5.02 Å². The van der Waals surface area contributed by atoms with Gasteiger partial charge in [-0.05, 0) is 32.2 Å². The number of likely N-dealkylation sites (N-methyl/N-ethyl adjacent to an activating group) is 1. The van der Waals surface area contributed by atoms with Crippen molar-refractivity contribution in [1.29, 1.82) is 0 Å². The molecule has 0 spiro atoms. The van der Waals surface area contributed by atoms with Crippen LogP contribution in [0.1, 0.15) is 51.3 Å². The zero-order valence-corrected chi connectivity index (χ0v) is 12.8. The van der Waals surface area contributed by atoms with E-state index in [4.69, 9.17) is 16.3 Å². The van der Waals surface area contributed by atoms with Crippen molar-refractivity contribution in [3.05, 3.63) is 16.9 Å². The Kier molecular flexibility index (Phi) is 4.87. The molecule has 0 aliphatic heterocycles. The summed E-state index contributed by atoms with van der Waals surface area (Å²) in [7, 11) is 1.80. The summed E-state index contributed by atoms with van der Waals surface area (Å²) < 4.78 is 7.86. The van der Waals surface area contributed by atoms with Crippen molar-refractivity contribution >= 4 is 11.6 Å². The van der Waals surface area contributed by atoms with Crippen LogP contribution < -0.4 is 5.32 Å². The number of aromatic nitrogens is 2. The van der Waals surface area contributed by atoms with Gasteiger partial charge in [0.15, 0.2) is 0 Å². The van der Waals surface area contributed by atoms with Gasteiger partial charge in [-0.3, -0.25) is 4.68 Å². The summed E-state index contributed by atoms with van der Waals surface area (Å²) in [4.78, 5) is 0. The van der Waals surface area contributed by atoms with Crippen LogP contribution in [0, 0.1) is 0 Å². The number of halogens is 1. The normalized spacial score (nSPS) is 19.2. The lowest BCUT2D eigenvalue weighted by molar-refractivity contribution is -0.101. The number of ether oxygens (including phenoxy) is 1. The van der Waals surface area contributed by atoms with Gasteiger partial charge in [0.2, 0.25) is 0 Å². The van der Waals surface area contributed by atoms with E-state index in [0.29, 0.717) is 0 Å². The van der Waals surface area contributed by atoms with Gasteiger partial charge in [0, 0.05) is 13.7 Å². The van der Waals surface area contributed by atoms with E-state index in [1.165, 1.54) is 6.42 Å². The van der Waals surface area contributed by atoms with Crippen molar-refractivity contribution in [2.45, 2.75) is 57.7 Å². The SMILES string of the molecule is CCCn1ncc(Cl)c1C(NCC)C1(OC)CCC1. The maximum atomic E-state index is 6.38. The molecular formula is C14H24ClN3O. The van der Waals surface area contributed by atoms with Gasteiger partial charge in [-0.1, -0.05) is 25.4 Å². The number of hydrogen-bond donors (Lipinski definition) is 1. The number of rotatable bonds is 7. The first kappa shape index (κ1) is 14.8. The smallest absolute Gasteiger partial charge is 0.0888 e. The van der Waals surface area contributed by atoms with Crippen LogP contribution in [-0.4, -0.2) is 29.0 Å². The van der Waals surface area contributed by atoms with Gasteiger partial charge in [-0.25, -0.2) is 0 Å². The van der Waals surface area contributed by atoms with E-state index in [0.717, 1.165) is 43.1 Å². The predicted molar refractivity (Wildman–Crippen MR) is 77.5 cm³/mol. The Bertz CT molecular complexity index is 409. The first-order valence-corrected chi connectivity index (χ1v) is 7.56. The molecule has 1 N–H and O–H groups in total. The van der Waals surface area contributed by atoms with Gasteiger partial charge in [0.25, 0.3) is 0 Å². The Balaban J connectivity index is 2.35. The molecule has 1 heterocycles. The zero-order valence-electron chi connectivity index (χ0n) is 12.1. The van der Waals surface area contributed by atoms with E-state index in [9.17, 15) is 0 Å². The number of aryl methyl sites for hydroxylation is 1. The minimum absolute atomic E-state index is 0.120. The van der Waals surface area contributed by atoms with Crippen LogP contribution in [0.4, 0.5) is 0 Å². The second kappa shape index (κ2) is 6.25. The van der Waals surface area contributed by atoms with E-state index in [2.05, 4.69) is 24.3 Å². The highest BCUT2D eigenvalue weighted by Crippen LogP contribution is 2.46. The second-order valence-corrected chi connectivity index (χ2v) is 5.62. The Morgan fingerprint density at radius 2 is 2.26 bits per heavy atom. The lowest BCUT2D eigenvalue weighted by Gasteiger charge is -2.46. The molecule has 0 radical (unpaired) electrons. The molecule has 0 saturated heterocycles. The standard InChI is InChI=1S/C14H24ClN3O/c1-4-9-18-12(11(15)10-17-18)13(16-5-2)14(19-3)7-6-8-14/h10,13,16H,4-9H2,1-3H3. The van der Waals surface area contributed by atoms with Crippen LogP contribution in [0.25, 0.3) is 0 Å². The summed E-state index contributed by atoms with van der Waals surface area (Å²) in [5, 5.41) is 8.69. The molecule has 0 bridgehead atoms. The minimum atomic E-state index is -0.120. The summed E-state index contributed by atoms with van der Waals surface area (Å²) in [6.07, 6.45) is 6.17. The molecule has 2 rings (SSSR count). The number of nitrogens with one attached hydrogen (secondary N) is 1. The van der Waals surface area contributed by atoms with Crippen LogP contribution in [0.15, 0.2) is 6.20 Å². The highest BCUT2D eigenvalue weighted by molar-refractivity contribution is 6.31. The Labute approximate surface area is 120 Å². The van der Waals surface area contributed by atoms with Crippen molar-refractivity contribution in [1.82, 2.24) is 15.1 Å². The highest BCUT2D eigenvalue weighted by atomic mass is 35.5. The number of methoxy groups -OCH3 is 1. The van der Waals surface area contributed by atoms with Crippen LogP contribution >= 0.6 is 11.6 Å². The minimum Gasteiger partial charge on any atom is -0.376 e. The van der Waals surface area contributed by atoms with Crippen molar-refractivity contribution < 1.29 is 4.74 Å². The van der Waals surface area contributed by atoms with Gasteiger partial charge in [0.1, 0.15) is 0 Å². The molecule has 1 unspecified atom stereocenters. The largest absolute Gasteiger partial charge is 0.376 e. The first-order chi connectivity index (χ1) is 9.18. The molecule has 1 atom stereocenters. The van der Waals surface area contributed by atoms with E-state index in [-0.39, 0.29) is 11.6 Å². The number of nitrogens with zero attached hydrogens (tertiary/aromatic N) is 2. The average Bonchev–Trinajstić information content (AvgIpc) is 2.69. The van der Waals surface area contributed by atoms with Gasteiger partial charge in [-0.15, -0.1) is 0 Å². The molecule has 1 aliphatic carbocycles. The average molecular weight is 286 g/mol. The highest BCUT2D eigenvalue weighted by Gasteiger charge is 2.46. The molecule has 1 saturated carbocycles. The Hall–Kier alpha value is -0.580.